The summed E-state index contributed by atoms with van der Waals surface area (Å²) in [6, 6.07) is 10.4. The molecule has 24 heavy (non-hydrogen) atoms. The second-order valence-electron chi connectivity index (χ2n) is 5.50. The van der Waals surface area contributed by atoms with E-state index < -0.39 is 17.6 Å². The third-order valence-corrected chi connectivity index (χ3v) is 4.30. The molecule has 1 fully saturated rings. The van der Waals surface area contributed by atoms with Crippen LogP contribution in [0.25, 0.3) is 0 Å². The van der Waals surface area contributed by atoms with Gasteiger partial charge in [-0.3, -0.25) is 9.59 Å². The highest BCUT2D eigenvalue weighted by Gasteiger charge is 2.35. The molecule has 1 saturated heterocycles. The van der Waals surface area contributed by atoms with Gasteiger partial charge in [-0.25, -0.2) is 8.78 Å². The van der Waals surface area contributed by atoms with Crippen LogP contribution in [0.2, 0.25) is 0 Å². The Balaban J connectivity index is 1.72. The van der Waals surface area contributed by atoms with Crippen LogP contribution in [-0.4, -0.2) is 18.4 Å². The van der Waals surface area contributed by atoms with E-state index >= 15 is 0 Å². The molecule has 1 aliphatic heterocycles. The first-order valence-corrected chi connectivity index (χ1v) is 8.05. The number of amides is 2. The lowest BCUT2D eigenvalue weighted by Gasteiger charge is -2.17. The second-order valence-corrected chi connectivity index (χ2v) is 6.42. The molecular formula is C17H13BrF2N2O2. The zero-order valence-corrected chi connectivity index (χ0v) is 14.0. The highest BCUT2D eigenvalue weighted by Crippen LogP contribution is 2.27. The van der Waals surface area contributed by atoms with E-state index in [1.807, 2.05) is 6.07 Å². The van der Waals surface area contributed by atoms with E-state index in [4.69, 9.17) is 0 Å². The fourth-order valence-corrected chi connectivity index (χ4v) is 3.00. The van der Waals surface area contributed by atoms with E-state index in [-0.39, 0.29) is 30.5 Å². The SMILES string of the molecule is O=C(Nc1cccc(Br)c1)C1CC(=O)N(c2ccc(F)c(F)c2)C1. The van der Waals surface area contributed by atoms with E-state index in [1.54, 1.807) is 18.2 Å². The molecule has 1 heterocycles. The summed E-state index contributed by atoms with van der Waals surface area (Å²) in [5, 5.41) is 2.76. The van der Waals surface area contributed by atoms with Crippen molar-refractivity contribution in [2.75, 3.05) is 16.8 Å². The highest BCUT2D eigenvalue weighted by molar-refractivity contribution is 9.10. The maximum atomic E-state index is 13.3. The molecule has 0 saturated carbocycles. The third-order valence-electron chi connectivity index (χ3n) is 3.80. The number of hydrogen-bond acceptors (Lipinski definition) is 2. The molecule has 1 N–H and O–H groups in total. The zero-order chi connectivity index (χ0) is 17.3. The van der Waals surface area contributed by atoms with Gasteiger partial charge >= 0.3 is 0 Å². The first kappa shape index (κ1) is 16.6. The van der Waals surface area contributed by atoms with Crippen molar-refractivity contribution in [3.05, 3.63) is 58.6 Å². The molecule has 1 atom stereocenters. The topological polar surface area (TPSA) is 49.4 Å². The van der Waals surface area contributed by atoms with Crippen LogP contribution in [0.1, 0.15) is 6.42 Å². The summed E-state index contributed by atoms with van der Waals surface area (Å²) >= 11 is 3.32. The summed E-state index contributed by atoms with van der Waals surface area (Å²) in [6.45, 7) is 0.129. The summed E-state index contributed by atoms with van der Waals surface area (Å²) in [7, 11) is 0. The van der Waals surface area contributed by atoms with Crippen LogP contribution in [-0.2, 0) is 9.59 Å². The summed E-state index contributed by atoms with van der Waals surface area (Å²) < 4.78 is 27.2. The zero-order valence-electron chi connectivity index (χ0n) is 12.4. The molecule has 2 aromatic rings. The Morgan fingerprint density at radius 3 is 2.67 bits per heavy atom. The standard InChI is InChI=1S/C17H13BrF2N2O2/c18-11-2-1-3-12(7-11)21-17(24)10-6-16(23)22(9-10)13-4-5-14(19)15(20)8-13/h1-5,7-8,10H,6,9H2,(H,21,24). The maximum Gasteiger partial charge on any atom is 0.229 e. The van der Waals surface area contributed by atoms with Crippen LogP contribution < -0.4 is 10.2 Å². The number of benzene rings is 2. The van der Waals surface area contributed by atoms with Gasteiger partial charge in [-0.05, 0) is 30.3 Å². The van der Waals surface area contributed by atoms with E-state index in [0.717, 1.165) is 16.6 Å². The number of carbonyl (C=O) groups is 2. The molecule has 2 aromatic carbocycles. The molecule has 2 amide bonds. The number of nitrogens with one attached hydrogen (secondary N) is 1. The lowest BCUT2D eigenvalue weighted by Crippen LogP contribution is -2.28. The Labute approximate surface area is 145 Å². The molecule has 0 radical (unpaired) electrons. The number of carbonyl (C=O) groups excluding carboxylic acids is 2. The molecule has 124 valence electrons. The third kappa shape index (κ3) is 3.46. The molecule has 0 bridgehead atoms. The van der Waals surface area contributed by atoms with Gasteiger partial charge in [-0.2, -0.15) is 0 Å². The van der Waals surface area contributed by atoms with Gasteiger partial charge in [0.1, 0.15) is 0 Å². The molecule has 0 spiro atoms. The minimum absolute atomic E-state index is 0.0266. The van der Waals surface area contributed by atoms with Gasteiger partial charge in [-0.1, -0.05) is 22.0 Å². The van der Waals surface area contributed by atoms with Crippen molar-refractivity contribution in [1.82, 2.24) is 0 Å². The largest absolute Gasteiger partial charge is 0.326 e. The number of nitrogens with zero attached hydrogens (tertiary/aromatic N) is 1. The first-order valence-electron chi connectivity index (χ1n) is 7.26. The molecule has 3 rings (SSSR count). The number of halogens is 3. The van der Waals surface area contributed by atoms with Crippen LogP contribution in [0.3, 0.4) is 0 Å². The van der Waals surface area contributed by atoms with E-state index in [0.29, 0.717) is 5.69 Å². The summed E-state index contributed by atoms with van der Waals surface area (Å²) in [5.41, 5.74) is 0.866. The van der Waals surface area contributed by atoms with E-state index in [9.17, 15) is 18.4 Å². The Morgan fingerprint density at radius 1 is 1.17 bits per heavy atom. The van der Waals surface area contributed by atoms with Crippen molar-refractivity contribution in [1.29, 1.82) is 0 Å². The Bertz CT molecular complexity index is 813. The van der Waals surface area contributed by atoms with Crippen molar-refractivity contribution < 1.29 is 18.4 Å². The minimum Gasteiger partial charge on any atom is -0.326 e. The van der Waals surface area contributed by atoms with Gasteiger partial charge in [0, 0.05) is 34.9 Å². The van der Waals surface area contributed by atoms with Crippen molar-refractivity contribution in [2.45, 2.75) is 6.42 Å². The predicted molar refractivity (Wildman–Crippen MR) is 89.6 cm³/mol. The quantitative estimate of drug-likeness (QED) is 0.862. The molecule has 0 aromatic heterocycles. The number of hydrogen-bond donors (Lipinski definition) is 1. The van der Waals surface area contributed by atoms with Crippen molar-refractivity contribution in [3.8, 4) is 0 Å². The molecule has 0 aliphatic carbocycles. The average molecular weight is 395 g/mol. The Morgan fingerprint density at radius 2 is 1.96 bits per heavy atom. The van der Waals surface area contributed by atoms with Crippen molar-refractivity contribution >= 4 is 39.1 Å². The second kappa shape index (κ2) is 6.68. The Kier molecular flexibility index (Phi) is 4.62. The predicted octanol–water partition coefficient (Wildman–Crippen LogP) is 3.72. The van der Waals surface area contributed by atoms with Crippen LogP contribution in [0.15, 0.2) is 46.9 Å². The van der Waals surface area contributed by atoms with E-state index in [2.05, 4.69) is 21.2 Å². The van der Waals surface area contributed by atoms with Crippen LogP contribution in [0.4, 0.5) is 20.2 Å². The number of anilines is 2. The van der Waals surface area contributed by atoms with Crippen molar-refractivity contribution in [2.24, 2.45) is 5.92 Å². The first-order chi connectivity index (χ1) is 11.4. The molecule has 1 aliphatic rings. The lowest BCUT2D eigenvalue weighted by atomic mass is 10.1. The highest BCUT2D eigenvalue weighted by atomic mass is 79.9. The average Bonchev–Trinajstić information content (AvgIpc) is 2.92. The molecule has 1 unspecified atom stereocenters. The maximum absolute atomic E-state index is 13.3. The molecule has 7 heteroatoms. The minimum atomic E-state index is -1.03. The van der Waals surface area contributed by atoms with Gasteiger partial charge in [0.25, 0.3) is 0 Å². The van der Waals surface area contributed by atoms with Crippen LogP contribution in [0.5, 0.6) is 0 Å². The summed E-state index contributed by atoms with van der Waals surface area (Å²) in [4.78, 5) is 25.7. The molecule has 4 nitrogen and oxygen atoms in total. The fourth-order valence-electron chi connectivity index (χ4n) is 2.60. The van der Waals surface area contributed by atoms with Crippen LogP contribution >= 0.6 is 15.9 Å². The van der Waals surface area contributed by atoms with E-state index in [1.165, 1.54) is 11.0 Å². The smallest absolute Gasteiger partial charge is 0.229 e. The fraction of sp³-hybridized carbons (Fsp3) is 0.176. The Hall–Kier alpha value is -2.28. The van der Waals surface area contributed by atoms with Gasteiger partial charge in [0.2, 0.25) is 11.8 Å². The van der Waals surface area contributed by atoms with Gasteiger partial charge in [-0.15, -0.1) is 0 Å². The monoisotopic (exact) mass is 394 g/mol. The summed E-state index contributed by atoms with van der Waals surface area (Å²) in [5.74, 6) is -3.14. The molecular weight excluding hydrogens is 382 g/mol. The van der Waals surface area contributed by atoms with Crippen LogP contribution in [0, 0.1) is 17.6 Å². The van der Waals surface area contributed by atoms with Gasteiger partial charge in [0.05, 0.1) is 5.92 Å². The summed E-state index contributed by atoms with van der Waals surface area (Å²) in [6.07, 6.45) is 0.0266. The number of rotatable bonds is 3. The normalized spacial score (nSPS) is 17.2. The lowest BCUT2D eigenvalue weighted by molar-refractivity contribution is -0.122. The van der Waals surface area contributed by atoms with Gasteiger partial charge < -0.3 is 10.2 Å². The van der Waals surface area contributed by atoms with Crippen molar-refractivity contribution in [3.63, 3.8) is 0 Å². The van der Waals surface area contributed by atoms with Gasteiger partial charge in [0.15, 0.2) is 11.6 Å².